The second kappa shape index (κ2) is 10.7. The molecule has 0 fully saturated rings. The van der Waals surface area contributed by atoms with E-state index in [0.717, 1.165) is 45.7 Å². The van der Waals surface area contributed by atoms with E-state index >= 15 is 0 Å². The normalized spacial score (nSPS) is 10.6. The molecule has 0 unspecified atom stereocenters. The summed E-state index contributed by atoms with van der Waals surface area (Å²) in [6.45, 7) is 9.17. The van der Waals surface area contributed by atoms with Gasteiger partial charge in [0.2, 0.25) is 0 Å². The fourth-order valence-electron chi connectivity index (χ4n) is 4.03. The summed E-state index contributed by atoms with van der Waals surface area (Å²) >= 11 is 0. The van der Waals surface area contributed by atoms with Crippen molar-refractivity contribution in [2.24, 2.45) is 0 Å². The molecule has 0 atom stereocenters. The van der Waals surface area contributed by atoms with Gasteiger partial charge >= 0.3 is 0 Å². The molecule has 0 N–H and O–H groups in total. The molecule has 1 radical (unpaired) electrons. The summed E-state index contributed by atoms with van der Waals surface area (Å²) in [6, 6.07) is 32.9. The molecule has 0 aliphatic carbocycles. The first-order valence-electron chi connectivity index (χ1n) is 11.5. The van der Waals surface area contributed by atoms with Crippen LogP contribution in [0, 0.1) is 6.07 Å². The first-order valence-corrected chi connectivity index (χ1v) is 11.5. The summed E-state index contributed by atoms with van der Waals surface area (Å²) in [4.78, 5) is 0. The van der Waals surface area contributed by atoms with Gasteiger partial charge in [0, 0.05) is 11.1 Å². The van der Waals surface area contributed by atoms with Crippen LogP contribution in [0.2, 0.25) is 0 Å². The fourth-order valence-corrected chi connectivity index (χ4v) is 4.03. The first kappa shape index (κ1) is 22.4. The van der Waals surface area contributed by atoms with Crippen molar-refractivity contribution in [3.8, 4) is 44.9 Å². The van der Waals surface area contributed by atoms with Crippen LogP contribution in [0.5, 0.6) is 11.5 Å². The second-order valence-electron chi connectivity index (χ2n) is 7.72. The van der Waals surface area contributed by atoms with Crippen LogP contribution in [-0.4, -0.2) is 13.2 Å². The quantitative estimate of drug-likeness (QED) is 0.249. The molecule has 0 heterocycles. The highest BCUT2D eigenvalue weighted by Crippen LogP contribution is 2.42. The number of hydrogen-bond acceptors (Lipinski definition) is 2. The lowest BCUT2D eigenvalue weighted by Gasteiger charge is -2.19. The molecular weight excluding hydrogens is 404 g/mol. The van der Waals surface area contributed by atoms with Crippen LogP contribution in [0.3, 0.4) is 0 Å². The van der Waals surface area contributed by atoms with Crippen LogP contribution in [0.4, 0.5) is 0 Å². The molecule has 4 aromatic rings. The van der Waals surface area contributed by atoms with Gasteiger partial charge in [-0.3, -0.25) is 0 Å². The monoisotopic (exact) mass is 433 g/mol. The van der Waals surface area contributed by atoms with Crippen LogP contribution in [0.25, 0.3) is 33.4 Å². The summed E-state index contributed by atoms with van der Waals surface area (Å²) in [5.74, 6) is 1.75. The predicted molar refractivity (Wildman–Crippen MR) is 138 cm³/mol. The molecule has 0 aromatic heterocycles. The lowest BCUT2D eigenvalue weighted by atomic mass is 9.90. The fraction of sp³-hybridized carbons (Fsp3) is 0.161. The Hall–Kier alpha value is -3.78. The topological polar surface area (TPSA) is 18.5 Å². The molecule has 4 aromatic carbocycles. The van der Waals surface area contributed by atoms with Gasteiger partial charge < -0.3 is 9.47 Å². The highest BCUT2D eigenvalue weighted by molar-refractivity contribution is 5.89. The molecule has 0 aliphatic heterocycles. The van der Waals surface area contributed by atoms with Gasteiger partial charge in [0.05, 0.1) is 13.2 Å². The van der Waals surface area contributed by atoms with Crippen LogP contribution >= 0.6 is 0 Å². The van der Waals surface area contributed by atoms with Gasteiger partial charge in [-0.2, -0.15) is 0 Å². The van der Waals surface area contributed by atoms with E-state index < -0.39 is 0 Å². The molecule has 2 heteroatoms. The minimum atomic E-state index is 0.588. The number of benzene rings is 4. The molecule has 0 amide bonds. The van der Waals surface area contributed by atoms with Crippen LogP contribution in [0.1, 0.15) is 19.4 Å². The Labute approximate surface area is 197 Å². The van der Waals surface area contributed by atoms with Gasteiger partial charge in [-0.1, -0.05) is 72.8 Å². The molecule has 0 spiro atoms. The average Bonchev–Trinajstić information content (AvgIpc) is 2.87. The van der Waals surface area contributed by atoms with Crippen LogP contribution < -0.4 is 9.47 Å². The van der Waals surface area contributed by atoms with Crippen molar-refractivity contribution in [1.82, 2.24) is 0 Å². The highest BCUT2D eigenvalue weighted by Gasteiger charge is 2.18. The van der Waals surface area contributed by atoms with E-state index in [2.05, 4.69) is 73.3 Å². The minimum Gasteiger partial charge on any atom is -0.494 e. The van der Waals surface area contributed by atoms with Gasteiger partial charge in [-0.15, -0.1) is 6.58 Å². The van der Waals surface area contributed by atoms with Crippen LogP contribution in [0.15, 0.2) is 97.6 Å². The summed E-state index contributed by atoms with van der Waals surface area (Å²) in [5.41, 5.74) is 7.73. The maximum absolute atomic E-state index is 6.21. The van der Waals surface area contributed by atoms with Crippen molar-refractivity contribution in [1.29, 1.82) is 0 Å². The number of hydrogen-bond donors (Lipinski definition) is 0. The van der Waals surface area contributed by atoms with Crippen molar-refractivity contribution in [2.75, 3.05) is 13.2 Å². The maximum atomic E-state index is 6.21. The summed E-state index contributed by atoms with van der Waals surface area (Å²) in [7, 11) is 0. The van der Waals surface area contributed by atoms with Gasteiger partial charge in [-0.05, 0) is 72.4 Å². The largest absolute Gasteiger partial charge is 0.494 e. The van der Waals surface area contributed by atoms with Crippen molar-refractivity contribution < 1.29 is 9.47 Å². The zero-order chi connectivity index (χ0) is 23.0. The van der Waals surface area contributed by atoms with Crippen molar-refractivity contribution in [3.63, 3.8) is 0 Å². The SMILES string of the molecule is C=CCc1c[c]c(-c2ccc(-c3ccccc3)cc2)c(-c2ccc(OCC)cc2)c1OCC. The Morgan fingerprint density at radius 3 is 1.97 bits per heavy atom. The minimum absolute atomic E-state index is 0.588. The van der Waals surface area contributed by atoms with E-state index in [-0.39, 0.29) is 0 Å². The predicted octanol–water partition coefficient (Wildman–Crippen LogP) is 8.01. The molecule has 4 rings (SSSR count). The summed E-state index contributed by atoms with van der Waals surface area (Å²) < 4.78 is 11.9. The standard InChI is InChI=1S/C31H29O2/c1-4-10-27-19-22-29(25-15-13-24(14-16-25)23-11-8-7-9-12-23)30(31(27)33-6-3)26-17-20-28(21-18-26)32-5-2/h4,7-9,11-21H,1,5-6,10H2,2-3H3. The third-order valence-corrected chi connectivity index (χ3v) is 5.55. The highest BCUT2D eigenvalue weighted by atomic mass is 16.5. The van der Waals surface area contributed by atoms with E-state index in [1.54, 1.807) is 0 Å². The lowest BCUT2D eigenvalue weighted by Crippen LogP contribution is -2.01. The second-order valence-corrected chi connectivity index (χ2v) is 7.72. The average molecular weight is 434 g/mol. The van der Waals surface area contributed by atoms with E-state index in [4.69, 9.17) is 9.47 Å². The molecular formula is C31H29O2. The van der Waals surface area contributed by atoms with Crippen molar-refractivity contribution >= 4 is 0 Å². The molecule has 2 nitrogen and oxygen atoms in total. The number of rotatable bonds is 9. The maximum Gasteiger partial charge on any atom is 0.131 e. The Bertz CT molecular complexity index is 1190. The van der Waals surface area contributed by atoms with E-state index in [0.29, 0.717) is 13.2 Å². The summed E-state index contributed by atoms with van der Waals surface area (Å²) in [6.07, 6.45) is 2.63. The Morgan fingerprint density at radius 2 is 1.33 bits per heavy atom. The number of ether oxygens (including phenoxy) is 2. The molecule has 165 valence electrons. The van der Waals surface area contributed by atoms with Crippen LogP contribution in [-0.2, 0) is 6.42 Å². The van der Waals surface area contributed by atoms with Gasteiger partial charge in [0.15, 0.2) is 0 Å². The molecule has 0 saturated carbocycles. The van der Waals surface area contributed by atoms with Crippen molar-refractivity contribution in [3.05, 3.63) is 109 Å². The molecule has 33 heavy (non-hydrogen) atoms. The number of allylic oxidation sites excluding steroid dienone is 1. The van der Waals surface area contributed by atoms with E-state index in [9.17, 15) is 0 Å². The molecule has 0 aliphatic rings. The van der Waals surface area contributed by atoms with E-state index in [1.165, 1.54) is 11.1 Å². The van der Waals surface area contributed by atoms with Gasteiger partial charge in [-0.25, -0.2) is 0 Å². The third kappa shape index (κ3) is 5.01. The molecule has 0 saturated heterocycles. The lowest BCUT2D eigenvalue weighted by molar-refractivity contribution is 0.338. The zero-order valence-electron chi connectivity index (χ0n) is 19.3. The van der Waals surface area contributed by atoms with Gasteiger partial charge in [0.1, 0.15) is 11.5 Å². The van der Waals surface area contributed by atoms with Gasteiger partial charge in [0.25, 0.3) is 0 Å². The smallest absolute Gasteiger partial charge is 0.131 e. The Kier molecular flexibility index (Phi) is 7.26. The summed E-state index contributed by atoms with van der Waals surface area (Å²) in [5, 5.41) is 0. The first-order chi connectivity index (χ1) is 16.2. The van der Waals surface area contributed by atoms with E-state index in [1.807, 2.05) is 44.2 Å². The Morgan fingerprint density at radius 1 is 0.727 bits per heavy atom. The zero-order valence-corrected chi connectivity index (χ0v) is 19.3. The third-order valence-electron chi connectivity index (χ3n) is 5.55. The van der Waals surface area contributed by atoms with Crippen molar-refractivity contribution in [2.45, 2.75) is 20.3 Å². The molecule has 0 bridgehead atoms. The Balaban J connectivity index is 1.85.